The van der Waals surface area contributed by atoms with Crippen LogP contribution in [0.2, 0.25) is 5.02 Å². The first kappa shape index (κ1) is 21.2. The molecule has 0 aromatic heterocycles. The van der Waals surface area contributed by atoms with Crippen molar-refractivity contribution in [2.75, 3.05) is 12.3 Å². The van der Waals surface area contributed by atoms with Crippen LogP contribution in [0.4, 0.5) is 0 Å². The number of amides is 1. The van der Waals surface area contributed by atoms with Crippen molar-refractivity contribution in [2.45, 2.75) is 31.7 Å². The molecule has 0 saturated carbocycles. The normalized spacial score (nSPS) is 13.1. The van der Waals surface area contributed by atoms with Gasteiger partial charge < -0.3 is 11.1 Å². The quantitative estimate of drug-likeness (QED) is 0.831. The maximum atomic E-state index is 12.1. The molecule has 1 atom stereocenters. The summed E-state index contributed by atoms with van der Waals surface area (Å²) in [6, 6.07) is 5.24. The highest BCUT2D eigenvalue weighted by molar-refractivity contribution is 7.91. The SMILES string of the molecule is CC(C)(C)[C@H](N)C(=O)NCCS(=O)(=O)c1ccc(Cl)cc1.Cl. The molecule has 3 N–H and O–H groups in total. The Morgan fingerprint density at radius 1 is 1.27 bits per heavy atom. The van der Waals surface area contributed by atoms with Crippen LogP contribution in [0.3, 0.4) is 0 Å². The van der Waals surface area contributed by atoms with Gasteiger partial charge in [-0.05, 0) is 29.7 Å². The number of hydrogen-bond acceptors (Lipinski definition) is 4. The molecule has 1 rings (SSSR count). The third-order valence-corrected chi connectivity index (χ3v) is 5.04. The minimum atomic E-state index is -3.45. The Morgan fingerprint density at radius 2 is 1.77 bits per heavy atom. The highest BCUT2D eigenvalue weighted by Gasteiger charge is 2.27. The molecule has 0 spiro atoms. The van der Waals surface area contributed by atoms with Crippen molar-refractivity contribution in [1.29, 1.82) is 0 Å². The predicted molar refractivity (Wildman–Crippen MR) is 91.2 cm³/mol. The van der Waals surface area contributed by atoms with Crippen LogP contribution in [0.15, 0.2) is 29.2 Å². The Morgan fingerprint density at radius 3 is 2.23 bits per heavy atom. The van der Waals surface area contributed by atoms with Crippen molar-refractivity contribution >= 4 is 39.8 Å². The number of nitrogens with two attached hydrogens (primary N) is 1. The summed E-state index contributed by atoms with van der Waals surface area (Å²) < 4.78 is 24.1. The van der Waals surface area contributed by atoms with E-state index in [4.69, 9.17) is 17.3 Å². The number of sulfone groups is 1. The molecule has 8 heteroatoms. The summed E-state index contributed by atoms with van der Waals surface area (Å²) in [6.07, 6.45) is 0. The number of nitrogens with one attached hydrogen (secondary N) is 1. The van der Waals surface area contributed by atoms with E-state index in [-0.39, 0.29) is 40.9 Å². The predicted octanol–water partition coefficient (Wildman–Crippen LogP) is 2.03. The molecule has 0 fully saturated rings. The van der Waals surface area contributed by atoms with Crippen molar-refractivity contribution in [3.05, 3.63) is 29.3 Å². The Hall–Kier alpha value is -0.820. The van der Waals surface area contributed by atoms with Crippen LogP contribution in [0, 0.1) is 5.41 Å². The van der Waals surface area contributed by atoms with Gasteiger partial charge in [-0.1, -0.05) is 32.4 Å². The van der Waals surface area contributed by atoms with Gasteiger partial charge in [-0.25, -0.2) is 8.42 Å². The second kappa shape index (κ2) is 8.15. The molecule has 0 saturated heterocycles. The zero-order valence-corrected chi connectivity index (χ0v) is 15.2. The lowest BCUT2D eigenvalue weighted by Gasteiger charge is -2.25. The summed E-state index contributed by atoms with van der Waals surface area (Å²) >= 11 is 5.72. The molecule has 0 heterocycles. The van der Waals surface area contributed by atoms with Crippen LogP contribution in [-0.2, 0) is 14.6 Å². The van der Waals surface area contributed by atoms with Crippen LogP contribution >= 0.6 is 24.0 Å². The molecule has 0 aliphatic rings. The molecule has 0 aliphatic heterocycles. The third kappa shape index (κ3) is 6.12. The Labute approximate surface area is 142 Å². The van der Waals surface area contributed by atoms with Crippen molar-refractivity contribution < 1.29 is 13.2 Å². The lowest BCUT2D eigenvalue weighted by atomic mass is 9.87. The van der Waals surface area contributed by atoms with Crippen molar-refractivity contribution in [2.24, 2.45) is 11.1 Å². The summed E-state index contributed by atoms with van der Waals surface area (Å²) in [5.74, 6) is -0.536. The first-order valence-electron chi connectivity index (χ1n) is 6.55. The number of carbonyl (C=O) groups excluding carboxylic acids is 1. The maximum absolute atomic E-state index is 12.1. The number of hydrogen-bond donors (Lipinski definition) is 2. The number of rotatable bonds is 5. The highest BCUT2D eigenvalue weighted by atomic mass is 35.5. The molecule has 0 bridgehead atoms. The van der Waals surface area contributed by atoms with E-state index in [0.717, 1.165) is 0 Å². The van der Waals surface area contributed by atoms with Crippen molar-refractivity contribution in [3.8, 4) is 0 Å². The van der Waals surface area contributed by atoms with E-state index in [1.54, 1.807) is 0 Å². The van der Waals surface area contributed by atoms with E-state index in [9.17, 15) is 13.2 Å². The van der Waals surface area contributed by atoms with Gasteiger partial charge in [0.05, 0.1) is 16.7 Å². The van der Waals surface area contributed by atoms with Crippen LogP contribution in [0.25, 0.3) is 0 Å². The van der Waals surface area contributed by atoms with Gasteiger partial charge in [-0.2, -0.15) is 0 Å². The van der Waals surface area contributed by atoms with Gasteiger partial charge >= 0.3 is 0 Å². The molecular formula is C14H22Cl2N2O3S. The van der Waals surface area contributed by atoms with E-state index in [1.165, 1.54) is 24.3 Å². The Kier molecular flexibility index (Phi) is 7.85. The van der Waals surface area contributed by atoms with Gasteiger partial charge in [-0.15, -0.1) is 12.4 Å². The van der Waals surface area contributed by atoms with Gasteiger partial charge in [-0.3, -0.25) is 4.79 Å². The van der Waals surface area contributed by atoms with Crippen molar-refractivity contribution in [3.63, 3.8) is 0 Å². The fraction of sp³-hybridized carbons (Fsp3) is 0.500. The van der Waals surface area contributed by atoms with Crippen molar-refractivity contribution in [1.82, 2.24) is 5.32 Å². The van der Waals surface area contributed by atoms with Gasteiger partial charge in [0.25, 0.3) is 0 Å². The molecule has 1 aromatic carbocycles. The number of benzene rings is 1. The largest absolute Gasteiger partial charge is 0.354 e. The topological polar surface area (TPSA) is 89.3 Å². The fourth-order valence-electron chi connectivity index (χ4n) is 1.57. The molecule has 126 valence electrons. The van der Waals surface area contributed by atoms with Gasteiger partial charge in [0, 0.05) is 11.6 Å². The van der Waals surface area contributed by atoms with Gasteiger partial charge in [0.2, 0.25) is 5.91 Å². The number of carbonyl (C=O) groups is 1. The molecular weight excluding hydrogens is 347 g/mol. The molecule has 0 radical (unpaired) electrons. The van der Waals surface area contributed by atoms with E-state index >= 15 is 0 Å². The van der Waals surface area contributed by atoms with E-state index in [0.29, 0.717) is 5.02 Å². The van der Waals surface area contributed by atoms with Crippen LogP contribution in [0.5, 0.6) is 0 Å². The minimum Gasteiger partial charge on any atom is -0.354 e. The molecule has 1 aromatic rings. The Balaban J connectivity index is 0.00000441. The summed E-state index contributed by atoms with van der Waals surface area (Å²) in [6.45, 7) is 5.57. The zero-order chi connectivity index (χ0) is 16.3. The second-order valence-electron chi connectivity index (χ2n) is 5.91. The van der Waals surface area contributed by atoms with Gasteiger partial charge in [0.15, 0.2) is 9.84 Å². The Bertz CT molecular complexity index is 596. The van der Waals surface area contributed by atoms with Crippen LogP contribution in [0.1, 0.15) is 20.8 Å². The summed E-state index contributed by atoms with van der Waals surface area (Å²) in [5.41, 5.74) is 5.42. The molecule has 1 amide bonds. The van der Waals surface area contributed by atoms with E-state index in [2.05, 4.69) is 5.32 Å². The molecule has 22 heavy (non-hydrogen) atoms. The fourth-order valence-corrected chi connectivity index (χ4v) is 2.85. The zero-order valence-electron chi connectivity index (χ0n) is 12.8. The standard InChI is InChI=1S/C14H21ClN2O3S.ClH/c1-14(2,3)12(16)13(18)17-8-9-21(19,20)11-6-4-10(15)5-7-11;/h4-7,12H,8-9,16H2,1-3H3,(H,17,18);1H/t12-;/m1./s1. The molecule has 0 aliphatic carbocycles. The van der Waals surface area contributed by atoms with Crippen LogP contribution < -0.4 is 11.1 Å². The third-order valence-electron chi connectivity index (χ3n) is 3.06. The lowest BCUT2D eigenvalue weighted by molar-refractivity contribution is -0.124. The first-order valence-corrected chi connectivity index (χ1v) is 8.59. The molecule has 0 unspecified atom stereocenters. The minimum absolute atomic E-state index is 0. The summed E-state index contributed by atoms with van der Waals surface area (Å²) in [7, 11) is -3.45. The average Bonchev–Trinajstić information content (AvgIpc) is 2.36. The lowest BCUT2D eigenvalue weighted by Crippen LogP contribution is -2.49. The molecule has 5 nitrogen and oxygen atoms in total. The highest BCUT2D eigenvalue weighted by Crippen LogP contribution is 2.17. The van der Waals surface area contributed by atoms with Crippen LogP contribution in [-0.4, -0.2) is 32.7 Å². The summed E-state index contributed by atoms with van der Waals surface area (Å²) in [5, 5.41) is 3.03. The smallest absolute Gasteiger partial charge is 0.237 e. The first-order chi connectivity index (χ1) is 9.54. The monoisotopic (exact) mass is 368 g/mol. The van der Waals surface area contributed by atoms with Gasteiger partial charge in [0.1, 0.15) is 0 Å². The maximum Gasteiger partial charge on any atom is 0.237 e. The van der Waals surface area contributed by atoms with E-state index in [1.807, 2.05) is 20.8 Å². The summed E-state index contributed by atoms with van der Waals surface area (Å²) in [4.78, 5) is 12.0. The second-order valence-corrected chi connectivity index (χ2v) is 8.45. The number of halogens is 2. The average molecular weight is 369 g/mol. The van der Waals surface area contributed by atoms with E-state index < -0.39 is 15.9 Å².